The molecule has 0 aromatic carbocycles. The third kappa shape index (κ3) is 3.41. The number of aryl methyl sites for hydroxylation is 2. The van der Waals surface area contributed by atoms with E-state index in [1.807, 2.05) is 23.1 Å². The van der Waals surface area contributed by atoms with Crippen molar-refractivity contribution in [2.45, 2.75) is 32.3 Å². The number of aliphatic hydroxyl groups is 1. The molecule has 2 aromatic heterocycles. The van der Waals surface area contributed by atoms with Gasteiger partial charge in [0, 0.05) is 25.8 Å². The van der Waals surface area contributed by atoms with E-state index < -0.39 is 5.60 Å². The average molecular weight is 330 g/mol. The minimum atomic E-state index is -0.982. The van der Waals surface area contributed by atoms with Crippen LogP contribution < -0.4 is 10.2 Å². The Hall–Kier alpha value is -2.41. The Morgan fingerprint density at radius 1 is 1.46 bits per heavy atom. The summed E-state index contributed by atoms with van der Waals surface area (Å²) in [5, 5.41) is 17.5. The summed E-state index contributed by atoms with van der Waals surface area (Å²) < 4.78 is 5.02. The largest absolute Gasteiger partial charge is 0.386 e. The third-order valence-electron chi connectivity index (χ3n) is 4.37. The van der Waals surface area contributed by atoms with E-state index in [0.29, 0.717) is 30.0 Å². The van der Waals surface area contributed by atoms with Crippen LogP contribution in [0.15, 0.2) is 28.9 Å². The van der Waals surface area contributed by atoms with E-state index in [1.165, 1.54) is 0 Å². The molecule has 24 heavy (non-hydrogen) atoms. The molecule has 1 atom stereocenters. The van der Waals surface area contributed by atoms with Gasteiger partial charge in [-0.25, -0.2) is 4.98 Å². The van der Waals surface area contributed by atoms with Crippen molar-refractivity contribution in [3.05, 3.63) is 41.4 Å². The van der Waals surface area contributed by atoms with Gasteiger partial charge in [0.15, 0.2) is 0 Å². The molecule has 1 aliphatic rings. The highest BCUT2D eigenvalue weighted by atomic mass is 16.5. The SMILES string of the molecule is Cc1noc(C)c1C(=O)NC[C@@]1(O)CCCN(c2ccccn2)C1. The van der Waals surface area contributed by atoms with Crippen molar-refractivity contribution >= 4 is 11.7 Å². The van der Waals surface area contributed by atoms with Crippen LogP contribution in [-0.2, 0) is 0 Å². The van der Waals surface area contributed by atoms with E-state index in [4.69, 9.17) is 4.52 Å². The minimum absolute atomic E-state index is 0.180. The van der Waals surface area contributed by atoms with Gasteiger partial charge in [0.25, 0.3) is 5.91 Å². The third-order valence-corrected chi connectivity index (χ3v) is 4.37. The average Bonchev–Trinajstić information content (AvgIpc) is 2.92. The van der Waals surface area contributed by atoms with Crippen LogP contribution in [0.25, 0.3) is 0 Å². The van der Waals surface area contributed by atoms with Gasteiger partial charge in [0.05, 0.1) is 11.3 Å². The maximum atomic E-state index is 12.3. The molecule has 1 aliphatic heterocycles. The van der Waals surface area contributed by atoms with E-state index in [-0.39, 0.29) is 12.5 Å². The summed E-state index contributed by atoms with van der Waals surface area (Å²) in [4.78, 5) is 18.7. The summed E-state index contributed by atoms with van der Waals surface area (Å²) in [6.07, 6.45) is 3.22. The molecule has 0 radical (unpaired) electrons. The molecule has 1 amide bonds. The first-order valence-corrected chi connectivity index (χ1v) is 8.08. The lowest BCUT2D eigenvalue weighted by atomic mass is 9.92. The van der Waals surface area contributed by atoms with E-state index in [1.54, 1.807) is 20.0 Å². The van der Waals surface area contributed by atoms with E-state index in [0.717, 1.165) is 18.8 Å². The van der Waals surface area contributed by atoms with E-state index in [9.17, 15) is 9.90 Å². The van der Waals surface area contributed by atoms with Crippen LogP contribution in [0.4, 0.5) is 5.82 Å². The van der Waals surface area contributed by atoms with Crippen molar-refractivity contribution in [2.75, 3.05) is 24.5 Å². The number of amides is 1. The van der Waals surface area contributed by atoms with Gasteiger partial charge in [0.2, 0.25) is 0 Å². The number of aromatic nitrogens is 2. The Morgan fingerprint density at radius 2 is 2.29 bits per heavy atom. The number of carbonyl (C=O) groups is 1. The first-order valence-electron chi connectivity index (χ1n) is 8.08. The fourth-order valence-corrected chi connectivity index (χ4v) is 3.13. The number of pyridine rings is 1. The van der Waals surface area contributed by atoms with Crippen LogP contribution in [0.5, 0.6) is 0 Å². The van der Waals surface area contributed by atoms with Crippen LogP contribution in [0.1, 0.15) is 34.7 Å². The Morgan fingerprint density at radius 3 is 2.96 bits per heavy atom. The van der Waals surface area contributed by atoms with Crippen LogP contribution in [-0.4, -0.2) is 46.4 Å². The van der Waals surface area contributed by atoms with Crippen LogP contribution in [0, 0.1) is 13.8 Å². The molecule has 2 aromatic rings. The zero-order chi connectivity index (χ0) is 17.2. The molecule has 0 saturated carbocycles. The van der Waals surface area contributed by atoms with Crippen molar-refractivity contribution in [1.29, 1.82) is 0 Å². The van der Waals surface area contributed by atoms with Crippen molar-refractivity contribution in [1.82, 2.24) is 15.5 Å². The summed E-state index contributed by atoms with van der Waals surface area (Å²) in [7, 11) is 0. The second-order valence-corrected chi connectivity index (χ2v) is 6.32. The van der Waals surface area contributed by atoms with Crippen LogP contribution >= 0.6 is 0 Å². The molecule has 3 heterocycles. The lowest BCUT2D eigenvalue weighted by Crippen LogP contribution is -2.54. The molecule has 7 heteroatoms. The molecule has 2 N–H and O–H groups in total. The van der Waals surface area contributed by atoms with Gasteiger partial charge in [0.1, 0.15) is 17.1 Å². The molecular formula is C17H22N4O3. The molecule has 0 spiro atoms. The van der Waals surface area contributed by atoms with Crippen molar-refractivity contribution < 1.29 is 14.4 Å². The number of carbonyl (C=O) groups excluding carboxylic acids is 1. The molecule has 1 fully saturated rings. The fraction of sp³-hybridized carbons (Fsp3) is 0.471. The maximum absolute atomic E-state index is 12.3. The van der Waals surface area contributed by atoms with Crippen LogP contribution in [0.3, 0.4) is 0 Å². The molecular weight excluding hydrogens is 308 g/mol. The molecule has 0 aliphatic carbocycles. The monoisotopic (exact) mass is 330 g/mol. The van der Waals surface area contributed by atoms with E-state index in [2.05, 4.69) is 15.5 Å². The quantitative estimate of drug-likeness (QED) is 0.881. The number of nitrogens with zero attached hydrogens (tertiary/aromatic N) is 3. The Balaban J connectivity index is 1.65. The van der Waals surface area contributed by atoms with Gasteiger partial charge in [-0.15, -0.1) is 0 Å². The fourth-order valence-electron chi connectivity index (χ4n) is 3.13. The number of hydrogen-bond donors (Lipinski definition) is 2. The maximum Gasteiger partial charge on any atom is 0.256 e. The summed E-state index contributed by atoms with van der Waals surface area (Å²) >= 11 is 0. The van der Waals surface area contributed by atoms with Gasteiger partial charge < -0.3 is 19.8 Å². The first-order chi connectivity index (χ1) is 11.5. The highest BCUT2D eigenvalue weighted by molar-refractivity contribution is 5.96. The number of nitrogens with one attached hydrogen (secondary N) is 1. The highest BCUT2D eigenvalue weighted by Crippen LogP contribution is 2.24. The highest BCUT2D eigenvalue weighted by Gasteiger charge is 2.34. The second-order valence-electron chi connectivity index (χ2n) is 6.32. The lowest BCUT2D eigenvalue weighted by molar-refractivity contribution is 0.0254. The molecule has 0 bridgehead atoms. The van der Waals surface area contributed by atoms with Gasteiger partial charge in [-0.05, 0) is 38.8 Å². The van der Waals surface area contributed by atoms with Gasteiger partial charge >= 0.3 is 0 Å². The predicted octanol–water partition coefficient (Wildman–Crippen LogP) is 1.45. The number of anilines is 1. The van der Waals surface area contributed by atoms with Gasteiger partial charge in [-0.2, -0.15) is 0 Å². The number of rotatable bonds is 4. The topological polar surface area (TPSA) is 91.5 Å². The molecule has 0 unspecified atom stereocenters. The van der Waals surface area contributed by atoms with Gasteiger partial charge in [-0.1, -0.05) is 11.2 Å². The summed E-state index contributed by atoms with van der Waals surface area (Å²) in [5.41, 5.74) is 0.0106. The zero-order valence-electron chi connectivity index (χ0n) is 14.0. The zero-order valence-corrected chi connectivity index (χ0v) is 14.0. The smallest absolute Gasteiger partial charge is 0.256 e. The standard InChI is InChI=1S/C17H22N4O3/c1-12-15(13(2)24-20-12)16(22)19-10-17(23)7-5-9-21(11-17)14-6-3-4-8-18-14/h3-4,6,8,23H,5,7,9-11H2,1-2H3,(H,19,22)/t17-/m0/s1. The second kappa shape index (κ2) is 6.60. The Bertz CT molecular complexity index is 696. The molecule has 7 nitrogen and oxygen atoms in total. The predicted molar refractivity (Wildman–Crippen MR) is 88.9 cm³/mol. The normalized spacial score (nSPS) is 20.9. The number of piperidine rings is 1. The first kappa shape index (κ1) is 16.4. The number of hydrogen-bond acceptors (Lipinski definition) is 6. The molecule has 3 rings (SSSR count). The number of β-amino-alcohol motifs (C(OH)–C–C–N with tert-alkyl or cyclic N) is 1. The minimum Gasteiger partial charge on any atom is -0.386 e. The Kier molecular flexibility index (Phi) is 4.53. The molecule has 1 saturated heterocycles. The summed E-state index contributed by atoms with van der Waals surface area (Å²) in [5.74, 6) is 1.05. The summed E-state index contributed by atoms with van der Waals surface area (Å²) in [6, 6.07) is 5.72. The Labute approximate surface area is 140 Å². The van der Waals surface area contributed by atoms with Crippen molar-refractivity contribution in [3.63, 3.8) is 0 Å². The summed E-state index contributed by atoms with van der Waals surface area (Å²) in [6.45, 7) is 4.89. The van der Waals surface area contributed by atoms with Crippen molar-refractivity contribution in [2.24, 2.45) is 0 Å². The van der Waals surface area contributed by atoms with E-state index >= 15 is 0 Å². The van der Waals surface area contributed by atoms with Crippen molar-refractivity contribution in [3.8, 4) is 0 Å². The van der Waals surface area contributed by atoms with Crippen LogP contribution in [0.2, 0.25) is 0 Å². The van der Waals surface area contributed by atoms with Gasteiger partial charge in [-0.3, -0.25) is 4.79 Å². The molecule has 128 valence electrons. The lowest BCUT2D eigenvalue weighted by Gasteiger charge is -2.39.